The average molecular weight is 322 g/mol. The van der Waals surface area contributed by atoms with E-state index < -0.39 is 20.9 Å². The molecular weight excluding hydrogens is 308 g/mol. The third kappa shape index (κ3) is 5.99. The number of nitrogens with zero attached hydrogens (tertiary/aromatic N) is 1. The first kappa shape index (κ1) is 18.4. The van der Waals surface area contributed by atoms with Crippen molar-refractivity contribution >= 4 is 33.4 Å². The van der Waals surface area contributed by atoms with Gasteiger partial charge in [-0.3, -0.25) is 14.9 Å². The van der Waals surface area contributed by atoms with Gasteiger partial charge in [-0.05, 0) is 18.4 Å². The molecule has 0 aliphatic carbocycles. The minimum absolute atomic E-state index is 0.222. The van der Waals surface area contributed by atoms with Crippen molar-refractivity contribution in [1.82, 2.24) is 0 Å². The summed E-state index contributed by atoms with van der Waals surface area (Å²) >= 11 is 1.17. The van der Waals surface area contributed by atoms with Gasteiger partial charge in [0.1, 0.15) is 0 Å². The van der Waals surface area contributed by atoms with Crippen LogP contribution in [0.3, 0.4) is 0 Å². The number of carboxylic acid groups (broad SMARTS) is 1. The minimum atomic E-state index is -3.90. The molecule has 0 amide bonds. The van der Waals surface area contributed by atoms with Crippen LogP contribution < -0.4 is 5.14 Å². The summed E-state index contributed by atoms with van der Waals surface area (Å²) in [7, 11) is -3.90. The summed E-state index contributed by atoms with van der Waals surface area (Å²) in [6, 6.07) is 3.57. The zero-order chi connectivity index (χ0) is 15.9. The number of rotatable bonds is 4. The van der Waals surface area contributed by atoms with E-state index in [0.717, 1.165) is 6.07 Å². The molecule has 0 saturated carbocycles. The third-order valence-electron chi connectivity index (χ3n) is 1.98. The first-order valence-electron chi connectivity index (χ1n) is 5.20. The summed E-state index contributed by atoms with van der Waals surface area (Å²) < 4.78 is 21.9. The van der Waals surface area contributed by atoms with Gasteiger partial charge in [0.25, 0.3) is 5.69 Å². The molecule has 1 aromatic rings. The van der Waals surface area contributed by atoms with E-state index in [1.165, 1.54) is 23.9 Å². The number of thioether (sulfide) groups is 1. The minimum Gasteiger partial charge on any atom is -0.481 e. The van der Waals surface area contributed by atoms with Crippen LogP contribution in [0.4, 0.5) is 5.69 Å². The monoisotopic (exact) mass is 322 g/mol. The van der Waals surface area contributed by atoms with Crippen LogP contribution in [0.1, 0.15) is 13.3 Å². The average Bonchev–Trinajstić information content (AvgIpc) is 2.37. The van der Waals surface area contributed by atoms with Crippen molar-refractivity contribution in [1.29, 1.82) is 0 Å². The number of aliphatic carboxylic acids is 1. The van der Waals surface area contributed by atoms with Gasteiger partial charge >= 0.3 is 5.97 Å². The molecule has 0 heterocycles. The van der Waals surface area contributed by atoms with Gasteiger partial charge in [0.2, 0.25) is 10.0 Å². The summed E-state index contributed by atoms with van der Waals surface area (Å²) in [6.07, 6.45) is 1.89. The van der Waals surface area contributed by atoms with E-state index in [0.29, 0.717) is 4.90 Å². The number of nitro benzene ring substituents is 1. The predicted molar refractivity (Wildman–Crippen MR) is 74.2 cm³/mol. The number of sulfonamides is 1. The lowest BCUT2D eigenvalue weighted by atomic mass is 10.3. The van der Waals surface area contributed by atoms with Gasteiger partial charge in [-0.1, -0.05) is 6.92 Å². The van der Waals surface area contributed by atoms with Gasteiger partial charge in [-0.25, -0.2) is 13.6 Å². The fraction of sp³-hybridized carbons (Fsp3) is 0.300. The van der Waals surface area contributed by atoms with Crippen LogP contribution in [0, 0.1) is 10.1 Å². The number of nitro groups is 1. The highest BCUT2D eigenvalue weighted by Crippen LogP contribution is 2.29. The van der Waals surface area contributed by atoms with Gasteiger partial charge in [0.05, 0.1) is 14.7 Å². The van der Waals surface area contributed by atoms with Crippen molar-refractivity contribution in [3.05, 3.63) is 28.3 Å². The number of nitrogens with two attached hydrogens (primary N) is 1. The van der Waals surface area contributed by atoms with Crippen LogP contribution in [0.2, 0.25) is 0 Å². The van der Waals surface area contributed by atoms with Crippen molar-refractivity contribution in [3.8, 4) is 0 Å². The van der Waals surface area contributed by atoms with E-state index in [9.17, 15) is 23.3 Å². The van der Waals surface area contributed by atoms with Gasteiger partial charge in [-0.15, -0.1) is 11.8 Å². The number of benzene rings is 1. The lowest BCUT2D eigenvalue weighted by Crippen LogP contribution is -2.12. The molecule has 0 aromatic heterocycles. The second-order valence-corrected chi connectivity index (χ2v) is 5.79. The first-order valence-corrected chi connectivity index (χ1v) is 7.97. The number of hydrogen-bond acceptors (Lipinski definition) is 6. The van der Waals surface area contributed by atoms with E-state index in [4.69, 9.17) is 10.2 Å². The molecule has 0 aliphatic heterocycles. The van der Waals surface area contributed by atoms with Crippen molar-refractivity contribution < 1.29 is 23.2 Å². The number of carbonyl (C=O) groups is 1. The third-order valence-corrected chi connectivity index (χ3v) is 3.67. The Morgan fingerprint density at radius 3 is 2.30 bits per heavy atom. The fourth-order valence-electron chi connectivity index (χ4n) is 0.989. The molecule has 0 atom stereocenters. The van der Waals surface area contributed by atoms with Crippen molar-refractivity contribution in [3.63, 3.8) is 0 Å². The van der Waals surface area contributed by atoms with Crippen LogP contribution in [0.15, 0.2) is 28.0 Å². The standard InChI is InChI=1S/C7H8N2O4S2.C3H6O2/c1-14-7-3-2-5(15(8,12)13)4-6(7)9(10)11;1-2-3(4)5/h2-4H,1H3,(H2,8,12,13);2H2,1H3,(H,4,5). The SMILES string of the molecule is CCC(=O)O.CSc1ccc(S(N)(=O)=O)cc1[N+](=O)[O-]. The Balaban J connectivity index is 0.000000621. The Bertz CT molecular complexity index is 600. The highest BCUT2D eigenvalue weighted by Gasteiger charge is 2.18. The Hall–Kier alpha value is -1.65. The lowest BCUT2D eigenvalue weighted by Gasteiger charge is -2.01. The molecule has 0 aliphatic rings. The molecule has 0 bridgehead atoms. The summed E-state index contributed by atoms with van der Waals surface area (Å²) in [4.78, 5) is 19.5. The quantitative estimate of drug-likeness (QED) is 0.485. The Labute approximate surface area is 120 Å². The molecule has 0 spiro atoms. The summed E-state index contributed by atoms with van der Waals surface area (Å²) in [5.41, 5.74) is -0.256. The first-order chi connectivity index (χ1) is 9.13. The second-order valence-electron chi connectivity index (χ2n) is 3.38. The molecule has 20 heavy (non-hydrogen) atoms. The van der Waals surface area contributed by atoms with Crippen LogP contribution in [-0.4, -0.2) is 30.7 Å². The van der Waals surface area contributed by atoms with Crippen molar-refractivity contribution in [2.75, 3.05) is 6.26 Å². The topological polar surface area (TPSA) is 141 Å². The molecule has 0 radical (unpaired) electrons. The molecule has 1 rings (SSSR count). The van der Waals surface area contributed by atoms with Gasteiger partial charge in [0.15, 0.2) is 0 Å². The van der Waals surface area contributed by atoms with Crippen molar-refractivity contribution in [2.45, 2.75) is 23.1 Å². The smallest absolute Gasteiger partial charge is 0.303 e. The summed E-state index contributed by atoms with van der Waals surface area (Å²) in [5.74, 6) is -0.745. The molecular formula is C10H14N2O6S2. The van der Waals surface area contributed by atoms with E-state index >= 15 is 0 Å². The van der Waals surface area contributed by atoms with Crippen LogP contribution in [-0.2, 0) is 14.8 Å². The Kier molecular flexibility index (Phi) is 7.18. The van der Waals surface area contributed by atoms with E-state index in [1.54, 1.807) is 13.2 Å². The van der Waals surface area contributed by atoms with E-state index in [-0.39, 0.29) is 17.0 Å². The lowest BCUT2D eigenvalue weighted by molar-refractivity contribution is -0.387. The predicted octanol–water partition coefficient (Wildman–Crippen LogP) is 1.45. The van der Waals surface area contributed by atoms with E-state index in [1.807, 2.05) is 0 Å². The zero-order valence-corrected chi connectivity index (χ0v) is 12.4. The molecule has 1 aromatic carbocycles. The Morgan fingerprint density at radius 2 is 2.00 bits per heavy atom. The second kappa shape index (κ2) is 7.82. The zero-order valence-electron chi connectivity index (χ0n) is 10.8. The maximum Gasteiger partial charge on any atom is 0.303 e. The van der Waals surface area contributed by atoms with Crippen LogP contribution in [0.5, 0.6) is 0 Å². The van der Waals surface area contributed by atoms with Crippen LogP contribution in [0.25, 0.3) is 0 Å². The highest BCUT2D eigenvalue weighted by molar-refractivity contribution is 7.98. The number of carboxylic acids is 1. The summed E-state index contributed by atoms with van der Waals surface area (Å²) in [5, 5.41) is 23.2. The largest absolute Gasteiger partial charge is 0.481 e. The molecule has 8 nitrogen and oxygen atoms in total. The molecule has 10 heteroatoms. The van der Waals surface area contributed by atoms with Gasteiger partial charge in [0, 0.05) is 12.5 Å². The normalized spacial score (nSPS) is 10.3. The number of hydrogen-bond donors (Lipinski definition) is 2. The molecule has 0 fully saturated rings. The number of primary sulfonamides is 1. The van der Waals surface area contributed by atoms with Gasteiger partial charge in [-0.2, -0.15) is 0 Å². The molecule has 3 N–H and O–H groups in total. The molecule has 0 saturated heterocycles. The fourth-order valence-corrected chi connectivity index (χ4v) is 2.07. The highest BCUT2D eigenvalue weighted by atomic mass is 32.2. The molecule has 0 unspecified atom stereocenters. The summed E-state index contributed by atoms with van der Waals surface area (Å²) in [6.45, 7) is 1.60. The van der Waals surface area contributed by atoms with Gasteiger partial charge < -0.3 is 5.11 Å². The maximum absolute atomic E-state index is 11.0. The maximum atomic E-state index is 11.0. The van der Waals surface area contributed by atoms with Crippen molar-refractivity contribution in [2.24, 2.45) is 5.14 Å². The Morgan fingerprint density at radius 1 is 1.50 bits per heavy atom. The van der Waals surface area contributed by atoms with E-state index in [2.05, 4.69) is 0 Å². The molecule has 112 valence electrons. The van der Waals surface area contributed by atoms with Crippen LogP contribution >= 0.6 is 11.8 Å².